The Bertz CT molecular complexity index is 309. The molecule has 78 valence electrons. The summed E-state index contributed by atoms with van der Waals surface area (Å²) < 4.78 is 13.0. The first-order valence-corrected chi connectivity index (χ1v) is 5.05. The van der Waals surface area contributed by atoms with E-state index in [1.807, 2.05) is 13.8 Å². The molecule has 0 bridgehead atoms. The van der Waals surface area contributed by atoms with Gasteiger partial charge in [-0.25, -0.2) is 4.39 Å². The highest BCUT2D eigenvalue weighted by atomic mass is 19.1. The van der Waals surface area contributed by atoms with Crippen LogP contribution in [0.2, 0.25) is 0 Å². The van der Waals surface area contributed by atoms with Gasteiger partial charge in [0.1, 0.15) is 5.82 Å². The molecule has 0 atom stereocenters. The summed E-state index contributed by atoms with van der Waals surface area (Å²) in [7, 11) is 0. The van der Waals surface area contributed by atoms with Crippen molar-refractivity contribution < 1.29 is 4.39 Å². The fourth-order valence-corrected chi connectivity index (χ4v) is 1.75. The van der Waals surface area contributed by atoms with Crippen molar-refractivity contribution in [2.24, 2.45) is 5.41 Å². The van der Waals surface area contributed by atoms with Crippen LogP contribution < -0.4 is 0 Å². The molecule has 0 aliphatic heterocycles. The van der Waals surface area contributed by atoms with Gasteiger partial charge in [-0.15, -0.1) is 0 Å². The minimum atomic E-state index is -0.127. The van der Waals surface area contributed by atoms with Gasteiger partial charge in [0.15, 0.2) is 0 Å². The Labute approximate surface area is 86.2 Å². The van der Waals surface area contributed by atoms with Crippen LogP contribution in [-0.2, 0) is 6.42 Å². The molecule has 0 aromatic heterocycles. The molecule has 0 spiro atoms. The molecule has 0 saturated carbocycles. The van der Waals surface area contributed by atoms with Crippen LogP contribution in [0.3, 0.4) is 0 Å². The maximum Gasteiger partial charge on any atom is 0.123 e. The van der Waals surface area contributed by atoms with Crippen molar-refractivity contribution >= 4 is 0 Å². The monoisotopic (exact) mass is 194 g/mol. The molecule has 0 saturated heterocycles. The Balaban J connectivity index is 3.09. The average molecular weight is 194 g/mol. The summed E-state index contributed by atoms with van der Waals surface area (Å²) in [5, 5.41) is 0. The lowest BCUT2D eigenvalue weighted by molar-refractivity contribution is 0.409. The lowest BCUT2D eigenvalue weighted by Gasteiger charge is -2.21. The molecular formula is C13H19F. The zero-order valence-electron chi connectivity index (χ0n) is 9.74. The Morgan fingerprint density at radius 2 is 1.50 bits per heavy atom. The van der Waals surface area contributed by atoms with Gasteiger partial charge in [-0.3, -0.25) is 0 Å². The van der Waals surface area contributed by atoms with Crippen LogP contribution in [0.25, 0.3) is 0 Å². The molecule has 0 amide bonds. The standard InChI is InChI=1S/C13H19F/c1-9-6-11(14)7-10(2)12(9)8-13(3,4)5/h6-7H,8H2,1-5H3. The number of rotatable bonds is 1. The zero-order chi connectivity index (χ0) is 10.9. The molecule has 14 heavy (non-hydrogen) atoms. The molecule has 0 nitrogen and oxygen atoms in total. The highest BCUT2D eigenvalue weighted by Gasteiger charge is 2.15. The SMILES string of the molecule is Cc1cc(F)cc(C)c1CC(C)(C)C. The van der Waals surface area contributed by atoms with Crippen molar-refractivity contribution in [1.29, 1.82) is 0 Å². The van der Waals surface area contributed by atoms with E-state index in [4.69, 9.17) is 0 Å². The summed E-state index contributed by atoms with van der Waals surface area (Å²) >= 11 is 0. The van der Waals surface area contributed by atoms with Gasteiger partial charge in [0, 0.05) is 0 Å². The van der Waals surface area contributed by atoms with Crippen molar-refractivity contribution in [1.82, 2.24) is 0 Å². The second-order valence-corrected chi connectivity index (χ2v) is 5.26. The number of hydrogen-bond donors (Lipinski definition) is 0. The van der Waals surface area contributed by atoms with Crippen molar-refractivity contribution in [2.75, 3.05) is 0 Å². The van der Waals surface area contributed by atoms with Crippen LogP contribution in [0.4, 0.5) is 4.39 Å². The summed E-state index contributed by atoms with van der Waals surface area (Å²) in [6.07, 6.45) is 1.00. The zero-order valence-corrected chi connectivity index (χ0v) is 9.74. The van der Waals surface area contributed by atoms with E-state index in [-0.39, 0.29) is 11.2 Å². The van der Waals surface area contributed by atoms with Crippen LogP contribution >= 0.6 is 0 Å². The normalized spacial score (nSPS) is 11.9. The van der Waals surface area contributed by atoms with Crippen molar-refractivity contribution in [3.63, 3.8) is 0 Å². The van der Waals surface area contributed by atoms with Crippen LogP contribution in [0, 0.1) is 25.1 Å². The topological polar surface area (TPSA) is 0 Å². The number of halogens is 1. The predicted molar refractivity (Wildman–Crippen MR) is 59.0 cm³/mol. The maximum atomic E-state index is 13.0. The Hall–Kier alpha value is -0.850. The fourth-order valence-electron chi connectivity index (χ4n) is 1.75. The highest BCUT2D eigenvalue weighted by Crippen LogP contribution is 2.25. The summed E-state index contributed by atoms with van der Waals surface area (Å²) in [5.74, 6) is -0.127. The smallest absolute Gasteiger partial charge is 0.123 e. The molecule has 1 aromatic rings. The van der Waals surface area contributed by atoms with Gasteiger partial charge in [0.05, 0.1) is 0 Å². The van der Waals surface area contributed by atoms with E-state index in [9.17, 15) is 4.39 Å². The van der Waals surface area contributed by atoms with Gasteiger partial charge in [-0.05, 0) is 54.5 Å². The van der Waals surface area contributed by atoms with Crippen LogP contribution in [0.1, 0.15) is 37.5 Å². The van der Waals surface area contributed by atoms with E-state index < -0.39 is 0 Å². The van der Waals surface area contributed by atoms with E-state index in [1.54, 1.807) is 12.1 Å². The quantitative estimate of drug-likeness (QED) is 0.633. The van der Waals surface area contributed by atoms with E-state index in [2.05, 4.69) is 20.8 Å². The molecule has 0 N–H and O–H groups in total. The van der Waals surface area contributed by atoms with Gasteiger partial charge >= 0.3 is 0 Å². The average Bonchev–Trinajstić information content (AvgIpc) is 1.95. The van der Waals surface area contributed by atoms with E-state index in [1.165, 1.54) is 5.56 Å². The molecule has 1 rings (SSSR count). The first kappa shape index (κ1) is 11.2. The second-order valence-electron chi connectivity index (χ2n) is 5.26. The Morgan fingerprint density at radius 1 is 1.07 bits per heavy atom. The third-order valence-corrected chi connectivity index (χ3v) is 2.37. The first-order valence-electron chi connectivity index (χ1n) is 5.05. The molecule has 0 aliphatic rings. The Morgan fingerprint density at radius 3 is 1.86 bits per heavy atom. The van der Waals surface area contributed by atoms with Crippen molar-refractivity contribution in [3.8, 4) is 0 Å². The van der Waals surface area contributed by atoms with Gasteiger partial charge in [-0.1, -0.05) is 20.8 Å². The number of hydrogen-bond acceptors (Lipinski definition) is 0. The van der Waals surface area contributed by atoms with Gasteiger partial charge in [0.25, 0.3) is 0 Å². The summed E-state index contributed by atoms with van der Waals surface area (Å²) in [5.41, 5.74) is 3.68. The molecule has 0 heterocycles. The van der Waals surface area contributed by atoms with E-state index >= 15 is 0 Å². The molecular weight excluding hydrogens is 175 g/mol. The third-order valence-electron chi connectivity index (χ3n) is 2.37. The van der Waals surface area contributed by atoms with Crippen molar-refractivity contribution in [2.45, 2.75) is 41.0 Å². The second kappa shape index (κ2) is 3.72. The number of benzene rings is 1. The van der Waals surface area contributed by atoms with E-state index in [0.29, 0.717) is 0 Å². The molecule has 0 fully saturated rings. The van der Waals surface area contributed by atoms with Gasteiger partial charge in [0.2, 0.25) is 0 Å². The highest BCUT2D eigenvalue weighted by molar-refractivity contribution is 5.34. The third kappa shape index (κ3) is 2.83. The lowest BCUT2D eigenvalue weighted by Crippen LogP contribution is -2.11. The maximum absolute atomic E-state index is 13.0. The Kier molecular flexibility index (Phi) is 2.98. The predicted octanol–water partition coefficient (Wildman–Crippen LogP) is 4.03. The molecule has 1 aromatic carbocycles. The summed E-state index contributed by atoms with van der Waals surface area (Å²) in [6.45, 7) is 10.6. The first-order chi connectivity index (χ1) is 6.29. The largest absolute Gasteiger partial charge is 0.207 e. The van der Waals surface area contributed by atoms with E-state index in [0.717, 1.165) is 17.5 Å². The molecule has 0 unspecified atom stereocenters. The van der Waals surface area contributed by atoms with Crippen LogP contribution in [-0.4, -0.2) is 0 Å². The molecule has 0 aliphatic carbocycles. The van der Waals surface area contributed by atoms with Crippen LogP contribution in [0.5, 0.6) is 0 Å². The fraction of sp³-hybridized carbons (Fsp3) is 0.538. The van der Waals surface area contributed by atoms with Gasteiger partial charge < -0.3 is 0 Å². The van der Waals surface area contributed by atoms with Gasteiger partial charge in [-0.2, -0.15) is 0 Å². The summed E-state index contributed by atoms with van der Waals surface area (Å²) in [4.78, 5) is 0. The minimum Gasteiger partial charge on any atom is -0.207 e. The summed E-state index contributed by atoms with van der Waals surface area (Å²) in [6, 6.07) is 3.24. The van der Waals surface area contributed by atoms with Crippen LogP contribution in [0.15, 0.2) is 12.1 Å². The molecule has 1 heteroatoms. The number of aryl methyl sites for hydroxylation is 2. The lowest BCUT2D eigenvalue weighted by atomic mass is 9.84. The van der Waals surface area contributed by atoms with Crippen molar-refractivity contribution in [3.05, 3.63) is 34.6 Å². The molecule has 0 radical (unpaired) electrons. The minimum absolute atomic E-state index is 0.127.